The molecule has 116 valence electrons. The van der Waals surface area contributed by atoms with Gasteiger partial charge in [-0.05, 0) is 44.2 Å². The van der Waals surface area contributed by atoms with Crippen LogP contribution in [0.25, 0.3) is 0 Å². The zero-order chi connectivity index (χ0) is 14.5. The lowest BCUT2D eigenvalue weighted by Gasteiger charge is -2.31. The van der Waals surface area contributed by atoms with Gasteiger partial charge in [0.2, 0.25) is 0 Å². The Morgan fingerprint density at radius 3 is 2.86 bits per heavy atom. The Bertz CT molecular complexity index is 416. The van der Waals surface area contributed by atoms with Gasteiger partial charge in [0.25, 0.3) is 0 Å². The summed E-state index contributed by atoms with van der Waals surface area (Å²) in [6.07, 6.45) is 3.62. The van der Waals surface area contributed by atoms with Gasteiger partial charge in [-0.1, -0.05) is 30.3 Å². The van der Waals surface area contributed by atoms with Crippen LogP contribution in [0.15, 0.2) is 30.3 Å². The molecule has 1 N–H and O–H groups in total. The molecule has 2 fully saturated rings. The molecule has 21 heavy (non-hydrogen) atoms. The second kappa shape index (κ2) is 7.39. The summed E-state index contributed by atoms with van der Waals surface area (Å²) < 4.78 is 5.55. The monoisotopic (exact) mass is 288 g/mol. The van der Waals surface area contributed by atoms with E-state index in [1.807, 2.05) is 0 Å². The van der Waals surface area contributed by atoms with Gasteiger partial charge in [-0.2, -0.15) is 0 Å². The maximum atomic E-state index is 5.55. The predicted octanol–water partition coefficient (Wildman–Crippen LogP) is 2.32. The van der Waals surface area contributed by atoms with Crippen LogP contribution in [0.1, 0.15) is 25.3 Å². The van der Waals surface area contributed by atoms with E-state index in [0.717, 1.165) is 38.6 Å². The average molecular weight is 288 g/mol. The molecule has 1 aromatic rings. The van der Waals surface area contributed by atoms with E-state index in [2.05, 4.69) is 47.5 Å². The third-order valence-corrected chi connectivity index (χ3v) is 4.91. The molecule has 0 amide bonds. The van der Waals surface area contributed by atoms with E-state index in [-0.39, 0.29) is 0 Å². The number of benzene rings is 1. The molecule has 2 heterocycles. The van der Waals surface area contributed by atoms with Crippen LogP contribution in [0.5, 0.6) is 0 Å². The Morgan fingerprint density at radius 2 is 2.10 bits per heavy atom. The highest BCUT2D eigenvalue weighted by molar-refractivity contribution is 5.16. The highest BCUT2D eigenvalue weighted by Gasteiger charge is 2.26. The Balaban J connectivity index is 1.59. The number of nitrogens with zero attached hydrogens (tertiary/aromatic N) is 1. The molecule has 3 rings (SSSR count). The summed E-state index contributed by atoms with van der Waals surface area (Å²) in [7, 11) is 0. The topological polar surface area (TPSA) is 24.5 Å². The normalized spacial score (nSPS) is 31.2. The Hall–Kier alpha value is -0.900. The van der Waals surface area contributed by atoms with Gasteiger partial charge in [0, 0.05) is 31.8 Å². The van der Waals surface area contributed by atoms with E-state index in [0.29, 0.717) is 12.1 Å². The van der Waals surface area contributed by atoms with Crippen LogP contribution >= 0.6 is 0 Å². The van der Waals surface area contributed by atoms with Gasteiger partial charge in [0.05, 0.1) is 6.61 Å². The Kier molecular flexibility index (Phi) is 5.28. The molecule has 0 spiro atoms. The van der Waals surface area contributed by atoms with Crippen molar-refractivity contribution < 1.29 is 4.74 Å². The summed E-state index contributed by atoms with van der Waals surface area (Å²) in [5.74, 6) is 0.739. The van der Waals surface area contributed by atoms with Crippen LogP contribution in [0.3, 0.4) is 0 Å². The quantitative estimate of drug-likeness (QED) is 0.920. The molecule has 3 nitrogen and oxygen atoms in total. The van der Waals surface area contributed by atoms with E-state index in [1.54, 1.807) is 0 Å². The van der Waals surface area contributed by atoms with Crippen molar-refractivity contribution in [2.45, 2.75) is 38.3 Å². The lowest BCUT2D eigenvalue weighted by Crippen LogP contribution is -2.43. The van der Waals surface area contributed by atoms with E-state index in [9.17, 15) is 0 Å². The molecule has 2 saturated heterocycles. The summed E-state index contributed by atoms with van der Waals surface area (Å²) in [4.78, 5) is 2.69. The smallest absolute Gasteiger partial charge is 0.0507 e. The Labute approximate surface area is 128 Å². The number of hydrogen-bond acceptors (Lipinski definition) is 3. The summed E-state index contributed by atoms with van der Waals surface area (Å²) in [6.45, 7) is 7.79. The first-order chi connectivity index (χ1) is 10.3. The number of rotatable bonds is 4. The van der Waals surface area contributed by atoms with Crippen LogP contribution in [0.2, 0.25) is 0 Å². The van der Waals surface area contributed by atoms with Crippen molar-refractivity contribution in [2.75, 3.05) is 32.8 Å². The minimum atomic E-state index is 0.569. The van der Waals surface area contributed by atoms with Crippen LogP contribution < -0.4 is 5.32 Å². The van der Waals surface area contributed by atoms with Crippen molar-refractivity contribution in [1.82, 2.24) is 10.2 Å². The molecule has 0 aromatic heterocycles. The summed E-state index contributed by atoms with van der Waals surface area (Å²) in [6, 6.07) is 12.1. The van der Waals surface area contributed by atoms with E-state index < -0.39 is 0 Å². The maximum Gasteiger partial charge on any atom is 0.0507 e. The second-order valence-electron chi connectivity index (χ2n) is 6.66. The van der Waals surface area contributed by atoms with Crippen molar-refractivity contribution in [1.29, 1.82) is 0 Å². The van der Waals surface area contributed by atoms with Gasteiger partial charge < -0.3 is 10.1 Å². The third kappa shape index (κ3) is 4.29. The number of ether oxygens (including phenoxy) is 1. The highest BCUT2D eigenvalue weighted by atomic mass is 16.5. The van der Waals surface area contributed by atoms with Crippen LogP contribution in [-0.4, -0.2) is 49.8 Å². The molecule has 2 aliphatic rings. The van der Waals surface area contributed by atoms with E-state index >= 15 is 0 Å². The summed E-state index contributed by atoms with van der Waals surface area (Å²) in [5.41, 5.74) is 1.44. The summed E-state index contributed by atoms with van der Waals surface area (Å²) >= 11 is 0. The molecule has 3 heteroatoms. The van der Waals surface area contributed by atoms with Crippen LogP contribution in [0.4, 0.5) is 0 Å². The van der Waals surface area contributed by atoms with Gasteiger partial charge >= 0.3 is 0 Å². The molecule has 0 saturated carbocycles. The molecule has 0 bridgehead atoms. The average Bonchev–Trinajstić information content (AvgIpc) is 2.94. The zero-order valence-electron chi connectivity index (χ0n) is 13.1. The van der Waals surface area contributed by atoms with Crippen molar-refractivity contribution in [2.24, 2.45) is 5.92 Å². The molecular formula is C18H28N2O. The van der Waals surface area contributed by atoms with Crippen LogP contribution in [-0.2, 0) is 11.2 Å². The fraction of sp³-hybridized carbons (Fsp3) is 0.667. The summed E-state index contributed by atoms with van der Waals surface area (Å²) in [5, 5.41) is 3.74. The van der Waals surface area contributed by atoms with Crippen molar-refractivity contribution >= 4 is 0 Å². The van der Waals surface area contributed by atoms with Crippen molar-refractivity contribution in [3.05, 3.63) is 35.9 Å². The molecule has 3 atom stereocenters. The number of nitrogens with one attached hydrogen (secondary N) is 1. The Morgan fingerprint density at radius 1 is 1.24 bits per heavy atom. The zero-order valence-corrected chi connectivity index (χ0v) is 13.1. The second-order valence-corrected chi connectivity index (χ2v) is 6.66. The first kappa shape index (κ1) is 15.0. The lowest BCUT2D eigenvalue weighted by atomic mass is 10.0. The SMILES string of the molecule is CC1CCNC(Cc2ccccc2)CN1CC1CCOC1. The molecular weight excluding hydrogens is 260 g/mol. The van der Waals surface area contributed by atoms with Crippen molar-refractivity contribution in [3.63, 3.8) is 0 Å². The largest absolute Gasteiger partial charge is 0.381 e. The van der Waals surface area contributed by atoms with Gasteiger partial charge in [-0.15, -0.1) is 0 Å². The number of hydrogen-bond donors (Lipinski definition) is 1. The van der Waals surface area contributed by atoms with Gasteiger partial charge in [0.15, 0.2) is 0 Å². The van der Waals surface area contributed by atoms with Crippen molar-refractivity contribution in [3.8, 4) is 0 Å². The van der Waals surface area contributed by atoms with Gasteiger partial charge in [-0.3, -0.25) is 4.90 Å². The molecule has 0 aliphatic carbocycles. The fourth-order valence-electron chi connectivity index (χ4n) is 3.56. The van der Waals surface area contributed by atoms with Gasteiger partial charge in [-0.25, -0.2) is 0 Å². The first-order valence-corrected chi connectivity index (χ1v) is 8.40. The van der Waals surface area contributed by atoms with E-state index in [1.165, 1.54) is 24.9 Å². The maximum absolute atomic E-state index is 5.55. The van der Waals surface area contributed by atoms with E-state index in [4.69, 9.17) is 4.74 Å². The van der Waals surface area contributed by atoms with Gasteiger partial charge in [0.1, 0.15) is 0 Å². The molecule has 3 unspecified atom stereocenters. The first-order valence-electron chi connectivity index (χ1n) is 8.40. The lowest BCUT2D eigenvalue weighted by molar-refractivity contribution is 0.146. The fourth-order valence-corrected chi connectivity index (χ4v) is 3.56. The predicted molar refractivity (Wildman–Crippen MR) is 86.5 cm³/mol. The minimum absolute atomic E-state index is 0.569. The third-order valence-electron chi connectivity index (χ3n) is 4.91. The molecule has 1 aromatic carbocycles. The standard InChI is InChI=1S/C18H28N2O/c1-15-7-9-19-18(11-16-5-3-2-4-6-16)13-20(15)12-17-8-10-21-14-17/h2-6,15,17-19H,7-14H2,1H3. The van der Waals surface area contributed by atoms with Crippen LogP contribution in [0, 0.1) is 5.92 Å². The highest BCUT2D eigenvalue weighted by Crippen LogP contribution is 2.19. The minimum Gasteiger partial charge on any atom is -0.381 e. The molecule has 0 radical (unpaired) electrons. The molecule has 2 aliphatic heterocycles.